The molecule has 1 aromatic carbocycles. The van der Waals surface area contributed by atoms with Crippen molar-refractivity contribution >= 4 is 23.0 Å². The summed E-state index contributed by atoms with van der Waals surface area (Å²) in [5.74, 6) is 0.239. The third-order valence-electron chi connectivity index (χ3n) is 3.12. The molecule has 1 fully saturated rings. The van der Waals surface area contributed by atoms with Gasteiger partial charge in [-0.05, 0) is 61.8 Å². The molecule has 0 saturated carbocycles. The SMILES string of the molecule is C/C(=N\NC(=S)NC[C@@H]1CCCO1)c1ccc(O)cc1. The van der Waals surface area contributed by atoms with E-state index in [9.17, 15) is 5.11 Å². The van der Waals surface area contributed by atoms with Gasteiger partial charge in [0.1, 0.15) is 5.75 Å². The van der Waals surface area contributed by atoms with Crippen LogP contribution in [0.25, 0.3) is 0 Å². The van der Waals surface area contributed by atoms with Crippen molar-refractivity contribution in [1.29, 1.82) is 0 Å². The molecular weight excluding hydrogens is 274 g/mol. The summed E-state index contributed by atoms with van der Waals surface area (Å²) >= 11 is 5.15. The van der Waals surface area contributed by atoms with Crippen LogP contribution in [0, 0.1) is 0 Å². The molecule has 0 aliphatic carbocycles. The molecule has 1 atom stereocenters. The molecule has 1 aliphatic heterocycles. The van der Waals surface area contributed by atoms with Crippen LogP contribution >= 0.6 is 12.2 Å². The van der Waals surface area contributed by atoms with E-state index in [1.165, 1.54) is 0 Å². The maximum absolute atomic E-state index is 9.23. The maximum Gasteiger partial charge on any atom is 0.187 e. The quantitative estimate of drug-likeness (QED) is 0.448. The van der Waals surface area contributed by atoms with Gasteiger partial charge in [-0.2, -0.15) is 5.10 Å². The summed E-state index contributed by atoms with van der Waals surface area (Å²) in [6, 6.07) is 6.86. The Morgan fingerprint density at radius 1 is 1.45 bits per heavy atom. The number of nitrogens with zero attached hydrogens (tertiary/aromatic N) is 1. The van der Waals surface area contributed by atoms with Crippen molar-refractivity contribution in [3.63, 3.8) is 0 Å². The third-order valence-corrected chi connectivity index (χ3v) is 3.36. The van der Waals surface area contributed by atoms with Crippen LogP contribution in [0.5, 0.6) is 5.75 Å². The predicted octanol–water partition coefficient (Wildman–Crippen LogP) is 1.76. The first-order chi connectivity index (χ1) is 9.65. The van der Waals surface area contributed by atoms with Gasteiger partial charge in [-0.1, -0.05) is 0 Å². The fourth-order valence-electron chi connectivity index (χ4n) is 1.95. The average molecular weight is 293 g/mol. The Balaban J connectivity index is 1.78. The number of phenolic OH excluding ortho intramolecular Hbond substituents is 1. The van der Waals surface area contributed by atoms with Gasteiger partial charge in [-0.25, -0.2) is 0 Å². The minimum atomic E-state index is 0.239. The van der Waals surface area contributed by atoms with E-state index < -0.39 is 0 Å². The molecule has 0 amide bonds. The largest absolute Gasteiger partial charge is 0.508 e. The Labute approximate surface area is 124 Å². The molecule has 0 spiro atoms. The number of ether oxygens (including phenoxy) is 1. The Hall–Kier alpha value is -1.66. The fourth-order valence-corrected chi connectivity index (χ4v) is 2.08. The van der Waals surface area contributed by atoms with E-state index in [0.29, 0.717) is 11.7 Å². The first-order valence-electron chi connectivity index (χ1n) is 6.64. The summed E-state index contributed by atoms with van der Waals surface area (Å²) in [5, 5.41) is 17.0. The molecule has 0 unspecified atom stereocenters. The number of nitrogens with one attached hydrogen (secondary N) is 2. The van der Waals surface area contributed by atoms with Crippen LogP contribution in [-0.2, 0) is 4.74 Å². The third kappa shape index (κ3) is 4.47. The second-order valence-electron chi connectivity index (χ2n) is 4.70. The molecule has 0 aromatic heterocycles. The second-order valence-corrected chi connectivity index (χ2v) is 5.11. The van der Waals surface area contributed by atoms with Gasteiger partial charge in [0.25, 0.3) is 0 Å². The highest BCUT2D eigenvalue weighted by Crippen LogP contribution is 2.11. The summed E-state index contributed by atoms with van der Waals surface area (Å²) in [5.41, 5.74) is 4.54. The normalized spacial score (nSPS) is 18.9. The van der Waals surface area contributed by atoms with E-state index >= 15 is 0 Å². The molecule has 6 heteroatoms. The summed E-state index contributed by atoms with van der Waals surface area (Å²) in [4.78, 5) is 0. The van der Waals surface area contributed by atoms with Gasteiger partial charge in [0.05, 0.1) is 11.8 Å². The van der Waals surface area contributed by atoms with Crippen molar-refractivity contribution in [1.82, 2.24) is 10.7 Å². The molecule has 2 rings (SSSR count). The lowest BCUT2D eigenvalue weighted by atomic mass is 10.1. The van der Waals surface area contributed by atoms with Crippen LogP contribution in [0.15, 0.2) is 29.4 Å². The lowest BCUT2D eigenvalue weighted by Crippen LogP contribution is -2.37. The number of hydrogen-bond acceptors (Lipinski definition) is 4. The molecule has 108 valence electrons. The van der Waals surface area contributed by atoms with Gasteiger partial charge in [-0.15, -0.1) is 0 Å². The number of thiocarbonyl (C=S) groups is 1. The average Bonchev–Trinajstić information content (AvgIpc) is 2.96. The van der Waals surface area contributed by atoms with Gasteiger partial charge in [0.2, 0.25) is 0 Å². The number of hydrogen-bond donors (Lipinski definition) is 3. The van der Waals surface area contributed by atoms with Crippen molar-refractivity contribution in [2.24, 2.45) is 5.10 Å². The topological polar surface area (TPSA) is 65.9 Å². The van der Waals surface area contributed by atoms with E-state index in [0.717, 1.165) is 30.7 Å². The Morgan fingerprint density at radius 3 is 2.85 bits per heavy atom. The Morgan fingerprint density at radius 2 is 2.20 bits per heavy atom. The molecule has 0 bridgehead atoms. The van der Waals surface area contributed by atoms with Crippen LogP contribution in [-0.4, -0.2) is 35.2 Å². The number of phenols is 1. The van der Waals surface area contributed by atoms with Crippen molar-refractivity contribution in [3.8, 4) is 5.75 Å². The zero-order valence-corrected chi connectivity index (χ0v) is 12.2. The Kier molecular flexibility index (Phi) is 5.31. The molecule has 0 radical (unpaired) electrons. The first-order valence-corrected chi connectivity index (χ1v) is 7.05. The van der Waals surface area contributed by atoms with Crippen LogP contribution in [0.4, 0.5) is 0 Å². The lowest BCUT2D eigenvalue weighted by Gasteiger charge is -2.12. The number of aromatic hydroxyl groups is 1. The van der Waals surface area contributed by atoms with Crippen molar-refractivity contribution < 1.29 is 9.84 Å². The first kappa shape index (κ1) is 14.7. The number of hydrazone groups is 1. The van der Waals surface area contributed by atoms with Crippen LogP contribution in [0.3, 0.4) is 0 Å². The maximum atomic E-state index is 9.23. The molecule has 1 aliphatic rings. The minimum absolute atomic E-state index is 0.239. The van der Waals surface area contributed by atoms with Gasteiger partial charge >= 0.3 is 0 Å². The van der Waals surface area contributed by atoms with Crippen molar-refractivity contribution in [2.45, 2.75) is 25.9 Å². The molecule has 3 N–H and O–H groups in total. The highest BCUT2D eigenvalue weighted by Gasteiger charge is 2.15. The van der Waals surface area contributed by atoms with Crippen LogP contribution < -0.4 is 10.7 Å². The summed E-state index contributed by atoms with van der Waals surface area (Å²) in [7, 11) is 0. The van der Waals surface area contributed by atoms with E-state index in [2.05, 4.69) is 15.8 Å². The van der Waals surface area contributed by atoms with Crippen LogP contribution in [0.2, 0.25) is 0 Å². The predicted molar refractivity (Wildman–Crippen MR) is 83.0 cm³/mol. The second kappa shape index (κ2) is 7.21. The van der Waals surface area contributed by atoms with E-state index in [4.69, 9.17) is 17.0 Å². The monoisotopic (exact) mass is 293 g/mol. The lowest BCUT2D eigenvalue weighted by molar-refractivity contribution is 0.114. The van der Waals surface area contributed by atoms with Gasteiger partial charge in [-0.3, -0.25) is 5.43 Å². The van der Waals surface area contributed by atoms with Crippen LogP contribution in [0.1, 0.15) is 25.3 Å². The minimum Gasteiger partial charge on any atom is -0.508 e. The highest BCUT2D eigenvalue weighted by atomic mass is 32.1. The molecular formula is C14H19N3O2S. The number of rotatable bonds is 4. The molecule has 1 aromatic rings. The summed E-state index contributed by atoms with van der Waals surface area (Å²) in [6.45, 7) is 3.42. The number of benzene rings is 1. The standard InChI is InChI=1S/C14H19N3O2S/c1-10(11-4-6-12(18)7-5-11)16-17-14(20)15-9-13-3-2-8-19-13/h4-7,13,18H,2-3,8-9H2,1H3,(H2,15,17,20)/b16-10+/t13-/m0/s1. The zero-order chi connectivity index (χ0) is 14.4. The molecule has 1 heterocycles. The molecule has 1 saturated heterocycles. The fraction of sp³-hybridized carbons (Fsp3) is 0.429. The van der Waals surface area contributed by atoms with E-state index in [-0.39, 0.29) is 11.9 Å². The van der Waals surface area contributed by atoms with Gasteiger partial charge < -0.3 is 15.2 Å². The summed E-state index contributed by atoms with van der Waals surface area (Å²) in [6.07, 6.45) is 2.44. The van der Waals surface area contributed by atoms with Gasteiger partial charge in [0.15, 0.2) is 5.11 Å². The Bertz CT molecular complexity index is 482. The van der Waals surface area contributed by atoms with Crippen molar-refractivity contribution in [3.05, 3.63) is 29.8 Å². The smallest absolute Gasteiger partial charge is 0.187 e. The van der Waals surface area contributed by atoms with E-state index in [1.807, 2.05) is 6.92 Å². The van der Waals surface area contributed by atoms with Gasteiger partial charge in [0, 0.05) is 13.2 Å². The highest BCUT2D eigenvalue weighted by molar-refractivity contribution is 7.80. The van der Waals surface area contributed by atoms with Crippen molar-refractivity contribution in [2.75, 3.05) is 13.2 Å². The molecule has 20 heavy (non-hydrogen) atoms. The molecule has 5 nitrogen and oxygen atoms in total. The van der Waals surface area contributed by atoms with E-state index in [1.54, 1.807) is 24.3 Å². The summed E-state index contributed by atoms with van der Waals surface area (Å²) < 4.78 is 5.50. The zero-order valence-electron chi connectivity index (χ0n) is 11.4.